The minimum Gasteiger partial charge on any atom is -0.311 e. The number of nitrogens with one attached hydrogen (secondary N) is 1. The summed E-state index contributed by atoms with van der Waals surface area (Å²) in [6.07, 6.45) is 7.13. The van der Waals surface area contributed by atoms with Crippen molar-refractivity contribution in [3.05, 3.63) is 46.6 Å². The number of amides is 1. The molecule has 1 aliphatic carbocycles. The van der Waals surface area contributed by atoms with E-state index in [4.69, 9.17) is 11.6 Å². The van der Waals surface area contributed by atoms with Gasteiger partial charge in [0.05, 0.1) is 12.2 Å². The molecule has 4 rings (SSSR count). The van der Waals surface area contributed by atoms with Gasteiger partial charge in [0.15, 0.2) is 0 Å². The maximum atomic E-state index is 12.2. The predicted octanol–water partition coefficient (Wildman–Crippen LogP) is 4.13. The van der Waals surface area contributed by atoms with Crippen LogP contribution in [-0.4, -0.2) is 15.7 Å². The lowest BCUT2D eigenvalue weighted by molar-refractivity contribution is -0.116. The van der Waals surface area contributed by atoms with Gasteiger partial charge in [-0.3, -0.25) is 4.79 Å². The Morgan fingerprint density at radius 3 is 2.86 bits per heavy atom. The molecule has 0 unspecified atom stereocenters. The average molecular weight is 316 g/mol. The number of halogens is 1. The molecule has 1 aliphatic heterocycles. The third kappa shape index (κ3) is 2.31. The van der Waals surface area contributed by atoms with Crippen molar-refractivity contribution in [1.82, 2.24) is 9.78 Å². The summed E-state index contributed by atoms with van der Waals surface area (Å²) in [5.41, 5.74) is 2.18. The number of nitrogens with zero attached hydrogens (tertiary/aromatic N) is 2. The Bertz CT molecular complexity index is 718. The molecule has 0 spiro atoms. The molecule has 2 aromatic rings. The molecule has 2 heterocycles. The Hall–Kier alpha value is -1.81. The second-order valence-corrected chi connectivity index (χ2v) is 6.63. The summed E-state index contributed by atoms with van der Waals surface area (Å²) in [7, 11) is 0. The molecule has 0 saturated heterocycles. The normalized spacial score (nSPS) is 21.7. The quantitative estimate of drug-likeness (QED) is 0.906. The van der Waals surface area contributed by atoms with Crippen LogP contribution in [0.2, 0.25) is 5.02 Å². The molecule has 1 fully saturated rings. The number of fused-ring (bicyclic) bond motifs is 1. The first-order valence-corrected chi connectivity index (χ1v) is 8.23. The third-order valence-corrected chi connectivity index (χ3v) is 5.00. The summed E-state index contributed by atoms with van der Waals surface area (Å²) in [5, 5.41) is 8.31. The molecular weight excluding hydrogens is 298 g/mol. The molecule has 0 bridgehead atoms. The number of aromatic nitrogens is 2. The minimum absolute atomic E-state index is 0.0394. The Labute approximate surface area is 134 Å². The number of hydrogen-bond acceptors (Lipinski definition) is 2. The molecule has 1 aromatic carbocycles. The second-order valence-electron chi connectivity index (χ2n) is 6.19. The zero-order chi connectivity index (χ0) is 15.1. The van der Waals surface area contributed by atoms with E-state index in [0.29, 0.717) is 17.5 Å². The Morgan fingerprint density at radius 2 is 2.09 bits per heavy atom. The maximum absolute atomic E-state index is 12.2. The lowest BCUT2D eigenvalue weighted by atomic mass is 9.87. The molecule has 0 radical (unpaired) electrons. The van der Waals surface area contributed by atoms with E-state index < -0.39 is 0 Å². The van der Waals surface area contributed by atoms with Crippen molar-refractivity contribution in [1.29, 1.82) is 0 Å². The first-order valence-electron chi connectivity index (χ1n) is 7.85. The highest BCUT2D eigenvalue weighted by molar-refractivity contribution is 6.30. The molecule has 1 aromatic heterocycles. The maximum Gasteiger partial charge on any atom is 0.226 e. The fourth-order valence-electron chi connectivity index (χ4n) is 3.68. The molecule has 22 heavy (non-hydrogen) atoms. The standard InChI is InChI=1S/C17H18ClN3O/c18-12-5-3-4-11(8-12)14-9-16(22)20-17-15(14)10-19-21(17)13-6-1-2-7-13/h3-5,8,10,13-14H,1-2,6-7,9H2,(H,20,22)/t14-/m0/s1. The molecule has 2 aliphatic rings. The van der Waals surface area contributed by atoms with Crippen LogP contribution in [0.15, 0.2) is 30.5 Å². The van der Waals surface area contributed by atoms with E-state index in [1.165, 1.54) is 12.8 Å². The van der Waals surface area contributed by atoms with Crippen LogP contribution in [0, 0.1) is 0 Å². The van der Waals surface area contributed by atoms with Crippen LogP contribution in [0.4, 0.5) is 5.82 Å². The second kappa shape index (κ2) is 5.43. The molecule has 4 nitrogen and oxygen atoms in total. The molecule has 5 heteroatoms. The number of rotatable bonds is 2. The zero-order valence-corrected chi connectivity index (χ0v) is 13.0. The van der Waals surface area contributed by atoms with Crippen molar-refractivity contribution in [2.24, 2.45) is 0 Å². The fraction of sp³-hybridized carbons (Fsp3) is 0.412. The van der Waals surface area contributed by atoms with Crippen molar-refractivity contribution in [3.8, 4) is 0 Å². The van der Waals surface area contributed by atoms with Gasteiger partial charge in [-0.05, 0) is 30.5 Å². The minimum atomic E-state index is 0.0394. The monoisotopic (exact) mass is 315 g/mol. The van der Waals surface area contributed by atoms with Gasteiger partial charge >= 0.3 is 0 Å². The van der Waals surface area contributed by atoms with Crippen LogP contribution >= 0.6 is 11.6 Å². The van der Waals surface area contributed by atoms with E-state index >= 15 is 0 Å². The van der Waals surface area contributed by atoms with E-state index in [0.717, 1.165) is 29.8 Å². The van der Waals surface area contributed by atoms with Crippen LogP contribution in [-0.2, 0) is 4.79 Å². The summed E-state index contributed by atoms with van der Waals surface area (Å²) in [6, 6.07) is 8.19. The first kappa shape index (κ1) is 13.8. The van der Waals surface area contributed by atoms with Crippen LogP contribution in [0.25, 0.3) is 0 Å². The highest BCUT2D eigenvalue weighted by atomic mass is 35.5. The summed E-state index contributed by atoms with van der Waals surface area (Å²) < 4.78 is 2.02. The van der Waals surface area contributed by atoms with Gasteiger partial charge < -0.3 is 5.32 Å². The highest BCUT2D eigenvalue weighted by Crippen LogP contribution is 2.40. The highest BCUT2D eigenvalue weighted by Gasteiger charge is 2.32. The first-order chi connectivity index (χ1) is 10.7. The van der Waals surface area contributed by atoms with E-state index in [9.17, 15) is 4.79 Å². The van der Waals surface area contributed by atoms with Gasteiger partial charge in [0.25, 0.3) is 0 Å². The summed E-state index contributed by atoms with van der Waals surface area (Å²) in [5.74, 6) is 0.975. The molecular formula is C17H18ClN3O. The summed E-state index contributed by atoms with van der Waals surface area (Å²) >= 11 is 6.11. The average Bonchev–Trinajstić information content (AvgIpc) is 3.14. The predicted molar refractivity (Wildman–Crippen MR) is 86.3 cm³/mol. The van der Waals surface area contributed by atoms with E-state index in [1.807, 2.05) is 35.1 Å². The number of hydrogen-bond donors (Lipinski definition) is 1. The van der Waals surface area contributed by atoms with Crippen molar-refractivity contribution < 1.29 is 4.79 Å². The van der Waals surface area contributed by atoms with Gasteiger partial charge in [-0.2, -0.15) is 5.10 Å². The van der Waals surface area contributed by atoms with Crippen molar-refractivity contribution >= 4 is 23.3 Å². The van der Waals surface area contributed by atoms with Crippen LogP contribution in [0.3, 0.4) is 0 Å². The topological polar surface area (TPSA) is 46.9 Å². The van der Waals surface area contributed by atoms with Gasteiger partial charge in [0, 0.05) is 22.9 Å². The van der Waals surface area contributed by atoms with Gasteiger partial charge in [-0.1, -0.05) is 36.6 Å². The molecule has 1 N–H and O–H groups in total. The van der Waals surface area contributed by atoms with E-state index in [-0.39, 0.29) is 11.8 Å². The number of benzene rings is 1. The molecule has 1 atom stereocenters. The van der Waals surface area contributed by atoms with Crippen molar-refractivity contribution in [2.45, 2.75) is 44.1 Å². The van der Waals surface area contributed by atoms with Gasteiger partial charge in [0.1, 0.15) is 5.82 Å². The number of carbonyl (C=O) groups is 1. The van der Waals surface area contributed by atoms with Gasteiger partial charge in [-0.25, -0.2) is 4.68 Å². The summed E-state index contributed by atoms with van der Waals surface area (Å²) in [6.45, 7) is 0. The largest absolute Gasteiger partial charge is 0.311 e. The lowest BCUT2D eigenvalue weighted by Gasteiger charge is -2.25. The van der Waals surface area contributed by atoms with Crippen LogP contribution in [0.5, 0.6) is 0 Å². The van der Waals surface area contributed by atoms with Crippen LogP contribution < -0.4 is 5.32 Å². The number of anilines is 1. The molecule has 1 amide bonds. The number of carbonyl (C=O) groups excluding carboxylic acids is 1. The third-order valence-electron chi connectivity index (χ3n) is 4.77. The Balaban J connectivity index is 1.76. The Kier molecular flexibility index (Phi) is 3.41. The lowest BCUT2D eigenvalue weighted by Crippen LogP contribution is -2.25. The smallest absolute Gasteiger partial charge is 0.226 e. The zero-order valence-electron chi connectivity index (χ0n) is 12.3. The van der Waals surface area contributed by atoms with E-state index in [1.54, 1.807) is 0 Å². The fourth-order valence-corrected chi connectivity index (χ4v) is 3.88. The summed E-state index contributed by atoms with van der Waals surface area (Å²) in [4.78, 5) is 12.2. The SMILES string of the molecule is O=C1C[C@@H](c2cccc(Cl)c2)c2cnn(C3CCCC3)c2N1. The van der Waals surface area contributed by atoms with Crippen molar-refractivity contribution in [2.75, 3.05) is 5.32 Å². The van der Waals surface area contributed by atoms with Crippen molar-refractivity contribution in [3.63, 3.8) is 0 Å². The van der Waals surface area contributed by atoms with E-state index in [2.05, 4.69) is 10.4 Å². The molecule has 114 valence electrons. The molecule has 1 saturated carbocycles. The van der Waals surface area contributed by atoms with Gasteiger partial charge in [0.2, 0.25) is 5.91 Å². The van der Waals surface area contributed by atoms with Gasteiger partial charge in [-0.15, -0.1) is 0 Å². The van der Waals surface area contributed by atoms with Crippen LogP contribution in [0.1, 0.15) is 55.2 Å². The Morgan fingerprint density at radius 1 is 1.27 bits per heavy atom.